The Kier molecular flexibility index (Phi) is 2.29. The molecule has 1 aromatic carbocycles. The zero-order valence-electron chi connectivity index (χ0n) is 5.78. The van der Waals surface area contributed by atoms with E-state index < -0.39 is 6.29 Å². The molecule has 0 spiro atoms. The van der Waals surface area contributed by atoms with Crippen LogP contribution >= 0.6 is 0 Å². The minimum Gasteiger partial charge on any atom is -0.462 e. The predicted octanol–water partition coefficient (Wildman–Crippen LogP) is 1.84. The van der Waals surface area contributed by atoms with Crippen LogP contribution in [-0.2, 0) is 5.11 Å². The molecule has 0 aliphatic heterocycles. The summed E-state index contributed by atoms with van der Waals surface area (Å²) in [6, 6.07) is 9.06. The molecule has 0 aromatic heterocycles. The van der Waals surface area contributed by atoms with Crippen molar-refractivity contribution in [2.45, 2.75) is 13.2 Å². The van der Waals surface area contributed by atoms with Crippen LogP contribution in [0.5, 0.6) is 5.75 Å². The third-order valence-corrected chi connectivity index (χ3v) is 1.05. The summed E-state index contributed by atoms with van der Waals surface area (Å²) in [4.78, 5) is 0. The van der Waals surface area contributed by atoms with Gasteiger partial charge in [0.1, 0.15) is 5.75 Å². The van der Waals surface area contributed by atoms with Gasteiger partial charge < -0.3 is 4.74 Å². The zero-order chi connectivity index (χ0) is 7.40. The minimum absolute atomic E-state index is 0.630. The van der Waals surface area contributed by atoms with Gasteiger partial charge in [0.2, 0.25) is 6.29 Å². The first-order chi connectivity index (χ1) is 4.79. The molecule has 0 fully saturated rings. The molecule has 1 atom stereocenters. The fourth-order valence-corrected chi connectivity index (χ4v) is 0.691. The van der Waals surface area contributed by atoms with Gasteiger partial charge in [0.05, 0.1) is 0 Å². The van der Waals surface area contributed by atoms with Crippen molar-refractivity contribution in [2.24, 2.45) is 0 Å². The van der Waals surface area contributed by atoms with Gasteiger partial charge in [-0.05, 0) is 12.1 Å². The molecule has 0 aliphatic carbocycles. The molecule has 0 N–H and O–H groups in total. The first-order valence-electron chi connectivity index (χ1n) is 3.16. The van der Waals surface area contributed by atoms with Gasteiger partial charge in [-0.1, -0.05) is 18.2 Å². The molecule has 1 rings (SSSR count). The molecule has 0 aliphatic rings. The summed E-state index contributed by atoms with van der Waals surface area (Å²) in [6.45, 7) is 1.47. The molecule has 1 unspecified atom stereocenters. The van der Waals surface area contributed by atoms with Crippen molar-refractivity contribution < 1.29 is 9.84 Å². The number of para-hydroxylation sites is 1. The molecule has 0 amide bonds. The molecular weight excluding hydrogens is 128 g/mol. The average molecular weight is 137 g/mol. The van der Waals surface area contributed by atoms with Crippen molar-refractivity contribution in [1.29, 1.82) is 0 Å². The lowest BCUT2D eigenvalue weighted by Gasteiger charge is -2.04. The number of hydrogen-bond acceptors (Lipinski definition) is 1. The minimum atomic E-state index is -0.984. The monoisotopic (exact) mass is 137 g/mol. The molecule has 1 radical (unpaired) electrons. The van der Waals surface area contributed by atoms with Crippen LogP contribution in [0.4, 0.5) is 0 Å². The van der Waals surface area contributed by atoms with Crippen LogP contribution in [0.1, 0.15) is 6.92 Å². The van der Waals surface area contributed by atoms with Crippen molar-refractivity contribution >= 4 is 0 Å². The molecule has 2 nitrogen and oxygen atoms in total. The lowest BCUT2D eigenvalue weighted by atomic mass is 10.3. The summed E-state index contributed by atoms with van der Waals surface area (Å²) in [5, 5.41) is 10.5. The van der Waals surface area contributed by atoms with E-state index in [0.29, 0.717) is 5.75 Å². The zero-order valence-corrected chi connectivity index (χ0v) is 5.78. The van der Waals surface area contributed by atoms with Gasteiger partial charge in [0.25, 0.3) is 0 Å². The maximum Gasteiger partial charge on any atom is 0.228 e. The second-order valence-electron chi connectivity index (χ2n) is 2.00. The van der Waals surface area contributed by atoms with E-state index in [2.05, 4.69) is 0 Å². The van der Waals surface area contributed by atoms with Crippen molar-refractivity contribution in [2.75, 3.05) is 0 Å². The smallest absolute Gasteiger partial charge is 0.228 e. The molecule has 1 aromatic rings. The topological polar surface area (TPSA) is 29.1 Å². The van der Waals surface area contributed by atoms with Crippen LogP contribution in [0.2, 0.25) is 0 Å². The van der Waals surface area contributed by atoms with E-state index in [1.807, 2.05) is 18.2 Å². The van der Waals surface area contributed by atoms with Crippen LogP contribution in [-0.4, -0.2) is 6.29 Å². The predicted molar refractivity (Wildman–Crippen MR) is 37.2 cm³/mol. The molecular formula is C8H9O2. The van der Waals surface area contributed by atoms with Crippen LogP contribution in [0.25, 0.3) is 0 Å². The van der Waals surface area contributed by atoms with Crippen LogP contribution in [0.15, 0.2) is 30.3 Å². The summed E-state index contributed by atoms with van der Waals surface area (Å²) < 4.78 is 4.86. The van der Waals surface area contributed by atoms with E-state index in [1.54, 1.807) is 12.1 Å². The Labute approximate surface area is 60.1 Å². The Morgan fingerprint density at radius 2 is 1.90 bits per heavy atom. The second-order valence-corrected chi connectivity index (χ2v) is 2.00. The Morgan fingerprint density at radius 1 is 1.30 bits per heavy atom. The Morgan fingerprint density at radius 3 is 2.40 bits per heavy atom. The maximum atomic E-state index is 10.5. The molecule has 0 bridgehead atoms. The highest BCUT2D eigenvalue weighted by Gasteiger charge is 1.96. The van der Waals surface area contributed by atoms with Crippen molar-refractivity contribution in [3.63, 3.8) is 0 Å². The summed E-state index contributed by atoms with van der Waals surface area (Å²) in [6.07, 6.45) is -0.984. The van der Waals surface area contributed by atoms with Gasteiger partial charge in [-0.15, -0.1) is 0 Å². The third kappa shape index (κ3) is 2.07. The lowest BCUT2D eigenvalue weighted by Crippen LogP contribution is -2.07. The number of benzene rings is 1. The Hall–Kier alpha value is -1.02. The highest BCUT2D eigenvalue weighted by atomic mass is 16.6. The van der Waals surface area contributed by atoms with Gasteiger partial charge in [-0.3, -0.25) is 0 Å². The quantitative estimate of drug-likeness (QED) is 0.572. The van der Waals surface area contributed by atoms with E-state index in [-0.39, 0.29) is 0 Å². The highest BCUT2D eigenvalue weighted by Crippen LogP contribution is 2.09. The van der Waals surface area contributed by atoms with Crippen LogP contribution in [0, 0.1) is 0 Å². The van der Waals surface area contributed by atoms with Gasteiger partial charge in [0, 0.05) is 6.92 Å². The van der Waals surface area contributed by atoms with Crippen molar-refractivity contribution in [3.8, 4) is 5.75 Å². The number of rotatable bonds is 2. The first kappa shape index (κ1) is 7.09. The molecule has 10 heavy (non-hydrogen) atoms. The van der Waals surface area contributed by atoms with E-state index in [9.17, 15) is 5.11 Å². The van der Waals surface area contributed by atoms with Gasteiger partial charge in [-0.25, -0.2) is 0 Å². The average Bonchev–Trinajstić information content (AvgIpc) is 1.88. The third-order valence-electron chi connectivity index (χ3n) is 1.05. The molecule has 53 valence electrons. The standard InChI is InChI=1S/C8H9O2/c1-7(9)10-8-5-3-2-4-6-8/h2-7H,1H3. The molecule has 2 heteroatoms. The Balaban J connectivity index is 2.59. The summed E-state index contributed by atoms with van der Waals surface area (Å²) in [5.74, 6) is 0.630. The van der Waals surface area contributed by atoms with Crippen molar-refractivity contribution in [1.82, 2.24) is 0 Å². The van der Waals surface area contributed by atoms with Gasteiger partial charge in [-0.2, -0.15) is 5.11 Å². The van der Waals surface area contributed by atoms with E-state index in [1.165, 1.54) is 6.92 Å². The molecule has 0 saturated carbocycles. The number of hydrogen-bond donors (Lipinski definition) is 0. The fraction of sp³-hybridized carbons (Fsp3) is 0.250. The second kappa shape index (κ2) is 3.22. The van der Waals surface area contributed by atoms with Crippen molar-refractivity contribution in [3.05, 3.63) is 30.3 Å². The molecule has 0 saturated heterocycles. The van der Waals surface area contributed by atoms with Gasteiger partial charge >= 0.3 is 0 Å². The largest absolute Gasteiger partial charge is 0.462 e. The highest BCUT2D eigenvalue weighted by molar-refractivity contribution is 5.20. The summed E-state index contributed by atoms with van der Waals surface area (Å²) >= 11 is 0. The normalized spacial score (nSPS) is 12.6. The first-order valence-corrected chi connectivity index (χ1v) is 3.16. The van der Waals surface area contributed by atoms with Crippen LogP contribution in [0.3, 0.4) is 0 Å². The van der Waals surface area contributed by atoms with E-state index >= 15 is 0 Å². The summed E-state index contributed by atoms with van der Waals surface area (Å²) in [7, 11) is 0. The summed E-state index contributed by atoms with van der Waals surface area (Å²) in [5.41, 5.74) is 0. The molecule has 0 heterocycles. The lowest BCUT2D eigenvalue weighted by molar-refractivity contribution is -0.0552. The number of ether oxygens (including phenoxy) is 1. The van der Waals surface area contributed by atoms with E-state index in [4.69, 9.17) is 4.74 Å². The van der Waals surface area contributed by atoms with Crippen LogP contribution < -0.4 is 4.74 Å². The fourth-order valence-electron chi connectivity index (χ4n) is 0.691. The van der Waals surface area contributed by atoms with E-state index in [0.717, 1.165) is 0 Å². The SMILES string of the molecule is CC([O])Oc1ccccc1. The maximum absolute atomic E-state index is 10.5. The van der Waals surface area contributed by atoms with Gasteiger partial charge in [0.15, 0.2) is 0 Å². The Bertz CT molecular complexity index is 182.